The summed E-state index contributed by atoms with van der Waals surface area (Å²) in [7, 11) is 0. The SMILES string of the molecule is O=C(Nc1ccc(Cl)cc1)C1CC(=O)N(Cc2ccccc2)C(=Nc2cccc(F)c2)S1. The third kappa shape index (κ3) is 5.55. The molecule has 1 unspecified atom stereocenters. The molecule has 1 aliphatic rings. The number of rotatable bonds is 5. The Bertz CT molecular complexity index is 1160. The van der Waals surface area contributed by atoms with E-state index in [-0.39, 0.29) is 18.2 Å². The number of amidine groups is 1. The molecule has 0 bridgehead atoms. The lowest BCUT2D eigenvalue weighted by atomic mass is 10.2. The van der Waals surface area contributed by atoms with E-state index in [0.717, 1.165) is 5.56 Å². The van der Waals surface area contributed by atoms with Gasteiger partial charge in [-0.1, -0.05) is 59.8 Å². The summed E-state index contributed by atoms with van der Waals surface area (Å²) in [4.78, 5) is 31.9. The highest BCUT2D eigenvalue weighted by atomic mass is 35.5. The van der Waals surface area contributed by atoms with E-state index in [1.807, 2.05) is 30.3 Å². The van der Waals surface area contributed by atoms with E-state index in [4.69, 9.17) is 11.6 Å². The second-order valence-corrected chi connectivity index (χ2v) is 8.75. The predicted molar refractivity (Wildman–Crippen MR) is 127 cm³/mol. The van der Waals surface area contributed by atoms with Crippen LogP contribution < -0.4 is 5.32 Å². The average molecular weight is 468 g/mol. The van der Waals surface area contributed by atoms with Crippen molar-refractivity contribution in [1.29, 1.82) is 0 Å². The molecule has 5 nitrogen and oxygen atoms in total. The lowest BCUT2D eigenvalue weighted by Crippen LogP contribution is -2.44. The second-order valence-electron chi connectivity index (χ2n) is 7.15. The number of hydrogen-bond acceptors (Lipinski definition) is 4. The molecule has 0 aromatic heterocycles. The molecule has 1 N–H and O–H groups in total. The van der Waals surface area contributed by atoms with E-state index in [1.54, 1.807) is 36.4 Å². The van der Waals surface area contributed by atoms with E-state index >= 15 is 0 Å². The number of carbonyl (C=O) groups excluding carboxylic acids is 2. The summed E-state index contributed by atoms with van der Waals surface area (Å²) in [6.07, 6.45) is 0.0269. The van der Waals surface area contributed by atoms with Gasteiger partial charge in [-0.3, -0.25) is 14.5 Å². The van der Waals surface area contributed by atoms with Gasteiger partial charge in [0.15, 0.2) is 5.17 Å². The maximum absolute atomic E-state index is 13.7. The minimum Gasteiger partial charge on any atom is -0.325 e. The fraction of sp³-hybridized carbons (Fsp3) is 0.125. The van der Waals surface area contributed by atoms with Gasteiger partial charge >= 0.3 is 0 Å². The van der Waals surface area contributed by atoms with Crippen LogP contribution in [-0.2, 0) is 16.1 Å². The van der Waals surface area contributed by atoms with Gasteiger partial charge in [0, 0.05) is 17.1 Å². The molecule has 3 aromatic carbocycles. The van der Waals surface area contributed by atoms with E-state index in [0.29, 0.717) is 28.1 Å². The van der Waals surface area contributed by atoms with E-state index in [9.17, 15) is 14.0 Å². The summed E-state index contributed by atoms with van der Waals surface area (Å²) in [6.45, 7) is 0.312. The van der Waals surface area contributed by atoms with Gasteiger partial charge in [-0.05, 0) is 48.0 Å². The zero-order chi connectivity index (χ0) is 22.5. The van der Waals surface area contributed by atoms with Crippen LogP contribution in [0.5, 0.6) is 0 Å². The van der Waals surface area contributed by atoms with Crippen LogP contribution in [0.15, 0.2) is 83.9 Å². The molecule has 1 heterocycles. The van der Waals surface area contributed by atoms with Crippen molar-refractivity contribution < 1.29 is 14.0 Å². The number of benzene rings is 3. The molecule has 0 radical (unpaired) electrons. The molecule has 0 aliphatic carbocycles. The highest BCUT2D eigenvalue weighted by molar-refractivity contribution is 8.15. The Morgan fingerprint density at radius 3 is 2.56 bits per heavy atom. The Balaban J connectivity index is 1.59. The van der Waals surface area contributed by atoms with Crippen LogP contribution in [0.3, 0.4) is 0 Å². The largest absolute Gasteiger partial charge is 0.325 e. The molecule has 1 saturated heterocycles. The predicted octanol–water partition coefficient (Wildman–Crippen LogP) is 5.64. The van der Waals surface area contributed by atoms with Crippen LogP contribution in [0.1, 0.15) is 12.0 Å². The number of carbonyl (C=O) groups is 2. The van der Waals surface area contributed by atoms with Crippen molar-refractivity contribution in [2.75, 3.05) is 5.32 Å². The van der Waals surface area contributed by atoms with Crippen molar-refractivity contribution in [2.45, 2.75) is 18.2 Å². The smallest absolute Gasteiger partial charge is 0.238 e. The normalized spacial score (nSPS) is 17.4. The van der Waals surface area contributed by atoms with Crippen molar-refractivity contribution in [1.82, 2.24) is 4.90 Å². The molecule has 0 saturated carbocycles. The second kappa shape index (κ2) is 9.97. The first-order valence-electron chi connectivity index (χ1n) is 9.89. The summed E-state index contributed by atoms with van der Waals surface area (Å²) in [5.41, 5.74) is 1.89. The van der Waals surface area contributed by atoms with Crippen molar-refractivity contribution in [3.63, 3.8) is 0 Å². The summed E-state index contributed by atoms with van der Waals surface area (Å²) < 4.78 is 13.7. The van der Waals surface area contributed by atoms with Crippen LogP contribution >= 0.6 is 23.4 Å². The Labute approximate surface area is 194 Å². The molecule has 1 aliphatic heterocycles. The van der Waals surface area contributed by atoms with E-state index in [2.05, 4.69) is 10.3 Å². The van der Waals surface area contributed by atoms with Gasteiger partial charge in [-0.15, -0.1) is 0 Å². The zero-order valence-corrected chi connectivity index (χ0v) is 18.4. The zero-order valence-electron chi connectivity index (χ0n) is 16.9. The number of thioether (sulfide) groups is 1. The van der Waals surface area contributed by atoms with Crippen LogP contribution in [0, 0.1) is 5.82 Å². The molecule has 32 heavy (non-hydrogen) atoms. The van der Waals surface area contributed by atoms with Gasteiger partial charge in [0.05, 0.1) is 12.2 Å². The number of anilines is 1. The van der Waals surface area contributed by atoms with E-state index < -0.39 is 11.1 Å². The summed E-state index contributed by atoms with van der Waals surface area (Å²) >= 11 is 7.08. The Morgan fingerprint density at radius 2 is 1.84 bits per heavy atom. The fourth-order valence-corrected chi connectivity index (χ4v) is 4.40. The van der Waals surface area contributed by atoms with Crippen LogP contribution in [0.2, 0.25) is 5.02 Å². The topological polar surface area (TPSA) is 61.8 Å². The first kappa shape index (κ1) is 22.0. The molecule has 1 fully saturated rings. The molecule has 162 valence electrons. The maximum atomic E-state index is 13.7. The van der Waals surface area contributed by atoms with Gasteiger partial charge < -0.3 is 5.32 Å². The van der Waals surface area contributed by atoms with Crippen molar-refractivity contribution >= 4 is 51.7 Å². The standard InChI is InChI=1S/C24H19ClFN3O2S/c25-17-9-11-19(12-10-17)27-23(31)21-14-22(30)29(15-16-5-2-1-3-6-16)24(32-21)28-20-8-4-7-18(26)13-20/h1-13,21H,14-15H2,(H,27,31). The lowest BCUT2D eigenvalue weighted by Gasteiger charge is -2.32. The van der Waals surface area contributed by atoms with Crippen LogP contribution in [-0.4, -0.2) is 27.1 Å². The van der Waals surface area contributed by atoms with Gasteiger partial charge in [0.1, 0.15) is 11.1 Å². The average Bonchev–Trinajstić information content (AvgIpc) is 2.78. The number of halogens is 2. The van der Waals surface area contributed by atoms with Gasteiger partial charge in [-0.25, -0.2) is 9.38 Å². The first-order valence-corrected chi connectivity index (χ1v) is 11.2. The van der Waals surface area contributed by atoms with Crippen LogP contribution in [0.25, 0.3) is 0 Å². The molecule has 0 spiro atoms. The van der Waals surface area contributed by atoms with Crippen molar-refractivity contribution in [2.24, 2.45) is 4.99 Å². The quantitative estimate of drug-likeness (QED) is 0.528. The molecule has 4 rings (SSSR count). The fourth-order valence-electron chi connectivity index (χ4n) is 3.17. The third-order valence-electron chi connectivity index (χ3n) is 4.76. The number of aliphatic imine (C=N–C) groups is 1. The van der Waals surface area contributed by atoms with Gasteiger partial charge in [0.2, 0.25) is 11.8 Å². The molecule has 3 aromatic rings. The Kier molecular flexibility index (Phi) is 6.87. The third-order valence-corrected chi connectivity index (χ3v) is 6.20. The van der Waals surface area contributed by atoms with Crippen molar-refractivity contribution in [3.05, 3.63) is 95.3 Å². The minimum absolute atomic E-state index is 0.0269. The molecule has 2 amide bonds. The van der Waals surface area contributed by atoms with Gasteiger partial charge in [0.25, 0.3) is 0 Å². The highest BCUT2D eigenvalue weighted by Gasteiger charge is 2.36. The molecule has 1 atom stereocenters. The molecule has 8 heteroatoms. The summed E-state index contributed by atoms with van der Waals surface area (Å²) in [6, 6.07) is 22.1. The minimum atomic E-state index is -0.669. The maximum Gasteiger partial charge on any atom is 0.238 e. The summed E-state index contributed by atoms with van der Waals surface area (Å²) in [5.74, 6) is -0.957. The van der Waals surface area contributed by atoms with E-state index in [1.165, 1.54) is 28.8 Å². The van der Waals surface area contributed by atoms with Crippen LogP contribution in [0.4, 0.5) is 15.8 Å². The lowest BCUT2D eigenvalue weighted by molar-refractivity contribution is -0.129. The molecular formula is C24H19ClFN3O2S. The summed E-state index contributed by atoms with van der Waals surface area (Å²) in [5, 5.41) is 3.06. The number of amides is 2. The van der Waals surface area contributed by atoms with Crippen molar-refractivity contribution in [3.8, 4) is 0 Å². The number of hydrogen-bond donors (Lipinski definition) is 1. The van der Waals surface area contributed by atoms with Gasteiger partial charge in [-0.2, -0.15) is 0 Å². The number of nitrogens with zero attached hydrogens (tertiary/aromatic N) is 2. The Morgan fingerprint density at radius 1 is 1.09 bits per heavy atom. The first-order chi connectivity index (χ1) is 15.5. The monoisotopic (exact) mass is 467 g/mol. The molecular weight excluding hydrogens is 449 g/mol. The highest BCUT2D eigenvalue weighted by Crippen LogP contribution is 2.31. The number of nitrogens with one attached hydrogen (secondary N) is 1. The Hall–Kier alpha value is -3.16.